The monoisotopic (exact) mass is 712 g/mol. The number of carbonyl (C=O) groups is 1. The molecular formula is C30H22BrFN4O9S. The molecule has 5 rings (SSSR count). The fourth-order valence-electron chi connectivity index (χ4n) is 4.78. The molecule has 3 aromatic carbocycles. The van der Waals surface area contributed by atoms with Gasteiger partial charge in [-0.3, -0.25) is 29.6 Å². The van der Waals surface area contributed by atoms with Crippen LogP contribution in [-0.2, 0) is 9.53 Å². The zero-order chi connectivity index (χ0) is 33.3. The number of nitro benzene ring substituents is 2. The second-order valence-corrected chi connectivity index (χ2v) is 11.5. The number of fused-ring (bicyclic) bond motifs is 1. The van der Waals surface area contributed by atoms with E-state index in [1.807, 2.05) is 0 Å². The van der Waals surface area contributed by atoms with Crippen molar-refractivity contribution in [2.75, 3.05) is 13.7 Å². The molecular weight excluding hydrogens is 691 g/mol. The number of benzene rings is 3. The van der Waals surface area contributed by atoms with E-state index in [9.17, 15) is 34.2 Å². The zero-order valence-electron chi connectivity index (χ0n) is 24.2. The summed E-state index contributed by atoms with van der Waals surface area (Å²) in [5.41, 5.74) is -0.110. The van der Waals surface area contributed by atoms with Gasteiger partial charge in [-0.15, -0.1) is 0 Å². The Morgan fingerprint density at radius 3 is 2.46 bits per heavy atom. The van der Waals surface area contributed by atoms with Gasteiger partial charge in [0.1, 0.15) is 5.82 Å². The molecule has 13 nitrogen and oxygen atoms in total. The van der Waals surface area contributed by atoms with Crippen LogP contribution in [0.5, 0.6) is 17.2 Å². The SMILES string of the molecule is CCOC(=O)C1=C(C)N=c2s/c(=C\c3cc(Br)c(Oc4ccc([N+](=O)[O-])cc4[N+](=O)[O-])c(OC)c3)c(=O)n2[C@H]1c1ccc(F)cc1. The van der Waals surface area contributed by atoms with Crippen LogP contribution in [0.25, 0.3) is 6.08 Å². The second-order valence-electron chi connectivity index (χ2n) is 9.66. The van der Waals surface area contributed by atoms with E-state index in [4.69, 9.17) is 14.2 Å². The number of esters is 1. The predicted molar refractivity (Wildman–Crippen MR) is 167 cm³/mol. The lowest BCUT2D eigenvalue weighted by atomic mass is 9.96. The summed E-state index contributed by atoms with van der Waals surface area (Å²) in [6, 6.07) is 10.6. The first kappa shape index (κ1) is 32.2. The minimum atomic E-state index is -0.924. The fraction of sp³-hybridized carbons (Fsp3) is 0.167. The molecule has 1 atom stereocenters. The summed E-state index contributed by atoms with van der Waals surface area (Å²) in [5, 5.41) is 22.7. The first-order valence-corrected chi connectivity index (χ1v) is 15.0. The topological polar surface area (TPSA) is 165 Å². The molecule has 1 aliphatic heterocycles. The minimum Gasteiger partial charge on any atom is -0.493 e. The van der Waals surface area contributed by atoms with Gasteiger partial charge in [0, 0.05) is 6.07 Å². The molecule has 0 saturated heterocycles. The predicted octanol–water partition coefficient (Wildman–Crippen LogP) is 5.32. The van der Waals surface area contributed by atoms with E-state index >= 15 is 0 Å². The van der Waals surface area contributed by atoms with Crippen LogP contribution in [0, 0.1) is 26.0 Å². The van der Waals surface area contributed by atoms with Crippen LogP contribution in [0.2, 0.25) is 0 Å². The minimum absolute atomic E-state index is 0.0454. The number of allylic oxidation sites excluding steroid dienone is 1. The zero-order valence-corrected chi connectivity index (χ0v) is 26.6. The molecule has 2 heterocycles. The molecule has 0 bridgehead atoms. The number of nitro groups is 2. The fourth-order valence-corrected chi connectivity index (χ4v) is 6.37. The lowest BCUT2D eigenvalue weighted by Gasteiger charge is -2.24. The average molecular weight is 713 g/mol. The van der Waals surface area contributed by atoms with Crippen molar-refractivity contribution in [2.45, 2.75) is 19.9 Å². The van der Waals surface area contributed by atoms with Gasteiger partial charge in [0.25, 0.3) is 11.2 Å². The van der Waals surface area contributed by atoms with Gasteiger partial charge in [0.05, 0.1) is 55.9 Å². The highest BCUT2D eigenvalue weighted by molar-refractivity contribution is 9.10. The molecule has 1 aromatic heterocycles. The number of carbonyl (C=O) groups excluding carboxylic acids is 1. The molecule has 0 unspecified atom stereocenters. The Hall–Kier alpha value is -5.22. The van der Waals surface area contributed by atoms with Crippen molar-refractivity contribution in [3.8, 4) is 17.2 Å². The summed E-state index contributed by atoms with van der Waals surface area (Å²) in [4.78, 5) is 52.9. The molecule has 0 fully saturated rings. The molecule has 1 aliphatic rings. The number of aromatic nitrogens is 1. The Labute approximate surface area is 270 Å². The number of methoxy groups -OCH3 is 1. The van der Waals surface area contributed by atoms with Gasteiger partial charge in [-0.1, -0.05) is 23.5 Å². The van der Waals surface area contributed by atoms with E-state index in [0.29, 0.717) is 26.1 Å². The summed E-state index contributed by atoms with van der Waals surface area (Å²) in [6.45, 7) is 3.39. The van der Waals surface area contributed by atoms with Gasteiger partial charge >= 0.3 is 11.7 Å². The van der Waals surface area contributed by atoms with Crippen molar-refractivity contribution in [2.24, 2.45) is 4.99 Å². The van der Waals surface area contributed by atoms with E-state index < -0.39 is 44.6 Å². The summed E-state index contributed by atoms with van der Waals surface area (Å²) in [6.07, 6.45) is 1.57. The molecule has 0 radical (unpaired) electrons. The first-order chi connectivity index (χ1) is 21.9. The highest BCUT2D eigenvalue weighted by atomic mass is 79.9. The van der Waals surface area contributed by atoms with E-state index in [0.717, 1.165) is 29.5 Å². The number of rotatable bonds is 9. The summed E-state index contributed by atoms with van der Waals surface area (Å²) in [7, 11) is 1.35. The first-order valence-electron chi connectivity index (χ1n) is 13.4. The van der Waals surface area contributed by atoms with E-state index in [1.165, 1.54) is 42.0 Å². The third-order valence-electron chi connectivity index (χ3n) is 6.81. The summed E-state index contributed by atoms with van der Waals surface area (Å²) >= 11 is 4.46. The maximum atomic E-state index is 13.9. The maximum Gasteiger partial charge on any atom is 0.338 e. The molecule has 236 valence electrons. The van der Waals surface area contributed by atoms with Gasteiger partial charge in [-0.05, 0) is 77.3 Å². The van der Waals surface area contributed by atoms with Gasteiger partial charge in [-0.2, -0.15) is 0 Å². The van der Waals surface area contributed by atoms with Crippen LogP contribution in [0.15, 0.2) is 80.1 Å². The van der Waals surface area contributed by atoms with E-state index in [-0.39, 0.29) is 34.0 Å². The van der Waals surface area contributed by atoms with Crippen molar-refractivity contribution >= 4 is 50.7 Å². The van der Waals surface area contributed by atoms with Crippen LogP contribution in [0.3, 0.4) is 0 Å². The molecule has 0 spiro atoms. The van der Waals surface area contributed by atoms with E-state index in [2.05, 4.69) is 20.9 Å². The molecule has 0 N–H and O–H groups in total. The van der Waals surface area contributed by atoms with Crippen LogP contribution in [0.4, 0.5) is 15.8 Å². The van der Waals surface area contributed by atoms with Crippen LogP contribution >= 0.6 is 27.3 Å². The number of hydrogen-bond acceptors (Lipinski definition) is 11. The Bertz CT molecular complexity index is 2130. The number of nitrogens with zero attached hydrogens (tertiary/aromatic N) is 4. The quantitative estimate of drug-likeness (QED) is 0.127. The van der Waals surface area contributed by atoms with Crippen molar-refractivity contribution < 1.29 is 33.2 Å². The molecule has 0 aliphatic carbocycles. The van der Waals surface area contributed by atoms with Gasteiger partial charge < -0.3 is 14.2 Å². The van der Waals surface area contributed by atoms with Gasteiger partial charge in [0.2, 0.25) is 5.75 Å². The van der Waals surface area contributed by atoms with Crippen molar-refractivity contribution in [3.05, 3.63) is 127 Å². The van der Waals surface area contributed by atoms with E-state index in [1.54, 1.807) is 26.0 Å². The number of thiazole rings is 1. The third-order valence-corrected chi connectivity index (χ3v) is 8.39. The number of ether oxygens (including phenoxy) is 3. The van der Waals surface area contributed by atoms with Crippen molar-refractivity contribution in [1.29, 1.82) is 0 Å². The van der Waals surface area contributed by atoms with Gasteiger partial charge in [0.15, 0.2) is 16.3 Å². The third kappa shape index (κ3) is 6.16. The summed E-state index contributed by atoms with van der Waals surface area (Å²) < 4.78 is 32.2. The molecule has 0 amide bonds. The maximum absolute atomic E-state index is 13.9. The molecule has 0 saturated carbocycles. The lowest BCUT2D eigenvalue weighted by Crippen LogP contribution is -2.39. The smallest absolute Gasteiger partial charge is 0.338 e. The number of hydrogen-bond donors (Lipinski definition) is 0. The Balaban J connectivity index is 1.60. The van der Waals surface area contributed by atoms with Crippen molar-refractivity contribution in [3.63, 3.8) is 0 Å². The molecule has 4 aromatic rings. The van der Waals surface area contributed by atoms with Crippen LogP contribution < -0.4 is 24.4 Å². The lowest BCUT2D eigenvalue weighted by molar-refractivity contribution is -0.394. The normalized spacial score (nSPS) is 14.4. The molecule has 16 heteroatoms. The highest BCUT2D eigenvalue weighted by Crippen LogP contribution is 2.43. The van der Waals surface area contributed by atoms with Crippen molar-refractivity contribution in [1.82, 2.24) is 4.57 Å². The second kappa shape index (κ2) is 13.0. The Morgan fingerprint density at radius 1 is 1.11 bits per heavy atom. The summed E-state index contributed by atoms with van der Waals surface area (Å²) in [5.74, 6) is -1.21. The van der Waals surface area contributed by atoms with Gasteiger partial charge in [-0.25, -0.2) is 14.2 Å². The van der Waals surface area contributed by atoms with Crippen LogP contribution in [0.1, 0.15) is 31.0 Å². The number of non-ortho nitro benzene ring substituents is 1. The number of halogens is 2. The Morgan fingerprint density at radius 2 is 1.83 bits per heavy atom. The Kier molecular flexibility index (Phi) is 9.11. The standard InChI is InChI=1S/C30H22BrFN4O9S/c1-4-44-29(38)25-15(2)33-30-34(26(25)17-5-7-18(32)8-6-17)28(37)24(46-30)13-16-11-20(31)27(23(12-16)43-3)45-22-10-9-19(35(39)40)14-21(22)36(41)42/h5-14,26H,4H2,1-3H3/b24-13-/t26-/m0/s1. The highest BCUT2D eigenvalue weighted by Gasteiger charge is 2.33. The largest absolute Gasteiger partial charge is 0.493 e. The molecule has 46 heavy (non-hydrogen) atoms. The average Bonchev–Trinajstić information content (AvgIpc) is 3.31. The van der Waals surface area contributed by atoms with Crippen LogP contribution in [-0.4, -0.2) is 34.1 Å².